The zero-order valence-electron chi connectivity index (χ0n) is 21.0. The van der Waals surface area contributed by atoms with Gasteiger partial charge in [-0.3, -0.25) is 13.9 Å². The number of nitrogens with two attached hydrogens (primary N) is 2. The van der Waals surface area contributed by atoms with Crippen molar-refractivity contribution in [2.45, 2.75) is 70.0 Å². The number of rotatable bonds is 6. The van der Waals surface area contributed by atoms with Gasteiger partial charge in [0.1, 0.15) is 11.6 Å². The lowest BCUT2D eigenvalue weighted by Crippen LogP contribution is -2.32. The smallest absolute Gasteiger partial charge is 0.328 e. The maximum absolute atomic E-state index is 13.7. The Balaban J connectivity index is 1.45. The normalized spacial score (nSPS) is 24.1. The van der Waals surface area contributed by atoms with Crippen LogP contribution in [0.2, 0.25) is 0 Å². The Hall–Kier alpha value is -3.30. The predicted octanol–water partition coefficient (Wildman–Crippen LogP) is 3.81. The van der Waals surface area contributed by atoms with Crippen LogP contribution in [0, 0.1) is 17.7 Å². The van der Waals surface area contributed by atoms with Crippen molar-refractivity contribution in [1.29, 1.82) is 0 Å². The molecule has 2 aliphatic rings. The number of hydrogen-bond donors (Lipinski definition) is 3. The van der Waals surface area contributed by atoms with E-state index in [9.17, 15) is 14.0 Å². The maximum Gasteiger partial charge on any atom is 0.333 e. The molecule has 5 N–H and O–H groups in total. The number of nitrogens with zero attached hydrogens (tertiary/aromatic N) is 3. The van der Waals surface area contributed by atoms with Crippen molar-refractivity contribution in [3.05, 3.63) is 65.1 Å². The van der Waals surface area contributed by atoms with Gasteiger partial charge in [0.15, 0.2) is 0 Å². The van der Waals surface area contributed by atoms with Gasteiger partial charge in [-0.05, 0) is 93.7 Å². The van der Waals surface area contributed by atoms with Crippen molar-refractivity contribution in [2.24, 2.45) is 23.3 Å². The van der Waals surface area contributed by atoms with E-state index >= 15 is 0 Å². The van der Waals surface area contributed by atoms with Gasteiger partial charge in [-0.25, -0.2) is 14.2 Å². The highest BCUT2D eigenvalue weighted by Gasteiger charge is 2.25. The SMILES string of the molecule is NC1CCC(Cn2cc(-c3ccnc(NC(=O)C4CCC(N)CC4)c3)n(-c3ccc(F)cc3)c2=O)CC1. The molecule has 2 heterocycles. The van der Waals surface area contributed by atoms with Gasteiger partial charge in [0.25, 0.3) is 0 Å². The molecule has 2 saturated carbocycles. The summed E-state index contributed by atoms with van der Waals surface area (Å²) < 4.78 is 17.0. The molecule has 9 heteroatoms. The first kappa shape index (κ1) is 25.4. The Morgan fingerprint density at radius 3 is 2.30 bits per heavy atom. The topological polar surface area (TPSA) is 121 Å². The number of hydrogen-bond acceptors (Lipinski definition) is 5. The highest BCUT2D eigenvalue weighted by molar-refractivity contribution is 5.92. The molecule has 0 radical (unpaired) electrons. The second-order valence-corrected chi connectivity index (χ2v) is 10.6. The molecule has 0 aliphatic heterocycles. The molecular weight excluding hydrogens is 471 g/mol. The fourth-order valence-electron chi connectivity index (χ4n) is 5.58. The van der Waals surface area contributed by atoms with Gasteiger partial charge >= 0.3 is 5.69 Å². The highest BCUT2D eigenvalue weighted by Crippen LogP contribution is 2.28. The zero-order valence-corrected chi connectivity index (χ0v) is 21.0. The van der Waals surface area contributed by atoms with Gasteiger partial charge in [-0.1, -0.05) is 0 Å². The minimum absolute atomic E-state index is 0.0550. The summed E-state index contributed by atoms with van der Waals surface area (Å²) in [5, 5.41) is 2.95. The molecule has 0 bridgehead atoms. The van der Waals surface area contributed by atoms with E-state index < -0.39 is 0 Å². The lowest BCUT2D eigenvalue weighted by Gasteiger charge is -2.25. The molecule has 0 saturated heterocycles. The third-order valence-electron chi connectivity index (χ3n) is 7.84. The van der Waals surface area contributed by atoms with E-state index in [2.05, 4.69) is 10.3 Å². The first-order chi connectivity index (χ1) is 17.9. The van der Waals surface area contributed by atoms with Crippen molar-refractivity contribution >= 4 is 11.7 Å². The van der Waals surface area contributed by atoms with Crippen molar-refractivity contribution in [1.82, 2.24) is 14.1 Å². The summed E-state index contributed by atoms with van der Waals surface area (Å²) in [6, 6.07) is 9.90. The van der Waals surface area contributed by atoms with E-state index in [0.717, 1.165) is 56.9 Å². The monoisotopic (exact) mass is 506 g/mol. The highest BCUT2D eigenvalue weighted by atomic mass is 19.1. The molecule has 2 fully saturated rings. The molecule has 37 heavy (non-hydrogen) atoms. The third-order valence-corrected chi connectivity index (χ3v) is 7.84. The molecule has 0 unspecified atom stereocenters. The van der Waals surface area contributed by atoms with Crippen LogP contribution in [0.1, 0.15) is 51.4 Å². The number of benzene rings is 1. The Morgan fingerprint density at radius 1 is 0.973 bits per heavy atom. The van der Waals surface area contributed by atoms with Crippen LogP contribution in [0.15, 0.2) is 53.6 Å². The van der Waals surface area contributed by atoms with Crippen molar-refractivity contribution in [3.8, 4) is 16.9 Å². The Labute approximate surface area is 215 Å². The molecule has 196 valence electrons. The molecule has 1 amide bonds. The van der Waals surface area contributed by atoms with Crippen molar-refractivity contribution in [2.75, 3.05) is 5.32 Å². The number of imidazole rings is 1. The van der Waals surface area contributed by atoms with Crippen LogP contribution in [0.25, 0.3) is 16.9 Å². The molecule has 0 atom stereocenters. The van der Waals surface area contributed by atoms with Gasteiger partial charge in [0.2, 0.25) is 5.91 Å². The van der Waals surface area contributed by atoms with Crippen molar-refractivity contribution < 1.29 is 9.18 Å². The predicted molar refractivity (Wildman–Crippen MR) is 142 cm³/mol. The fraction of sp³-hybridized carbons (Fsp3) is 0.464. The van der Waals surface area contributed by atoms with Crippen LogP contribution >= 0.6 is 0 Å². The second kappa shape index (κ2) is 11.0. The summed E-state index contributed by atoms with van der Waals surface area (Å²) in [6.45, 7) is 0.602. The molecule has 2 aromatic heterocycles. The average molecular weight is 507 g/mol. The Bertz CT molecular complexity index is 1280. The Morgan fingerprint density at radius 2 is 1.62 bits per heavy atom. The van der Waals surface area contributed by atoms with Crippen LogP contribution in [0.4, 0.5) is 10.2 Å². The number of carbonyl (C=O) groups excluding carboxylic acids is 1. The van der Waals surface area contributed by atoms with Crippen molar-refractivity contribution in [3.63, 3.8) is 0 Å². The molecule has 2 aliphatic carbocycles. The van der Waals surface area contributed by atoms with E-state index in [1.165, 1.54) is 12.1 Å². The Kier molecular flexibility index (Phi) is 7.53. The number of pyridine rings is 1. The number of halogens is 1. The summed E-state index contributed by atoms with van der Waals surface area (Å²) >= 11 is 0. The number of amides is 1. The quantitative estimate of drug-likeness (QED) is 0.469. The molecule has 5 rings (SSSR count). The number of anilines is 1. The van der Waals surface area contributed by atoms with Gasteiger partial charge in [-0.15, -0.1) is 0 Å². The summed E-state index contributed by atoms with van der Waals surface area (Å²) in [4.78, 5) is 30.8. The minimum atomic E-state index is -0.367. The summed E-state index contributed by atoms with van der Waals surface area (Å²) in [6.07, 6.45) is 10.6. The lowest BCUT2D eigenvalue weighted by atomic mass is 9.86. The van der Waals surface area contributed by atoms with E-state index in [1.807, 2.05) is 12.3 Å². The lowest BCUT2D eigenvalue weighted by molar-refractivity contribution is -0.120. The third kappa shape index (κ3) is 5.83. The van der Waals surface area contributed by atoms with Gasteiger partial charge in [0.05, 0.1) is 11.4 Å². The van der Waals surface area contributed by atoms with E-state index in [1.54, 1.807) is 33.5 Å². The average Bonchev–Trinajstić information content (AvgIpc) is 3.22. The zero-order chi connectivity index (χ0) is 25.9. The van der Waals surface area contributed by atoms with Crippen LogP contribution in [-0.2, 0) is 11.3 Å². The molecule has 8 nitrogen and oxygen atoms in total. The van der Waals surface area contributed by atoms with Crippen LogP contribution in [0.5, 0.6) is 0 Å². The van der Waals surface area contributed by atoms with E-state index in [0.29, 0.717) is 29.7 Å². The van der Waals surface area contributed by atoms with E-state index in [-0.39, 0.29) is 35.4 Å². The molecule has 1 aromatic carbocycles. The van der Waals surface area contributed by atoms with Gasteiger partial charge < -0.3 is 16.8 Å². The van der Waals surface area contributed by atoms with Crippen LogP contribution in [-0.4, -0.2) is 32.1 Å². The number of carbonyl (C=O) groups is 1. The van der Waals surface area contributed by atoms with Crippen LogP contribution in [0.3, 0.4) is 0 Å². The first-order valence-corrected chi connectivity index (χ1v) is 13.2. The maximum atomic E-state index is 13.7. The summed E-state index contributed by atoms with van der Waals surface area (Å²) in [5.41, 5.74) is 13.8. The summed E-state index contributed by atoms with van der Waals surface area (Å²) in [7, 11) is 0. The molecule has 0 spiro atoms. The van der Waals surface area contributed by atoms with Crippen LogP contribution < -0.4 is 22.5 Å². The number of nitrogens with one attached hydrogen (secondary N) is 1. The summed E-state index contributed by atoms with van der Waals surface area (Å²) in [5.74, 6) is 0.316. The molecule has 3 aromatic rings. The molecular formula is C28H35FN6O2. The fourth-order valence-corrected chi connectivity index (χ4v) is 5.58. The minimum Gasteiger partial charge on any atom is -0.328 e. The van der Waals surface area contributed by atoms with Gasteiger partial charge in [0, 0.05) is 42.5 Å². The standard InChI is InChI=1S/C28H35FN6O2/c29-21-5-11-24(12-6-21)35-25(17-34(28(35)37)16-18-1-7-22(30)8-2-18)20-13-14-32-26(15-20)33-27(36)19-3-9-23(31)10-4-19/h5-6,11-15,17-19,22-23H,1-4,7-10,16,30-31H2,(H,32,33,36). The second-order valence-electron chi connectivity index (χ2n) is 10.6. The van der Waals surface area contributed by atoms with Gasteiger partial charge in [-0.2, -0.15) is 0 Å². The largest absolute Gasteiger partial charge is 0.333 e. The number of aromatic nitrogens is 3. The first-order valence-electron chi connectivity index (χ1n) is 13.2. The van der Waals surface area contributed by atoms with E-state index in [4.69, 9.17) is 11.5 Å².